The van der Waals surface area contributed by atoms with Crippen LogP contribution in [-0.2, 0) is 4.74 Å². The normalized spacial score (nSPS) is 15.8. The molecular formula is C22H30N3O4+. The summed E-state index contributed by atoms with van der Waals surface area (Å²) in [4.78, 5) is 31.8. The maximum atomic E-state index is 13.1. The second-order valence-electron chi connectivity index (χ2n) is 7.55. The van der Waals surface area contributed by atoms with Gasteiger partial charge in [0.25, 0.3) is 0 Å². The minimum Gasteiger partial charge on any atom is -0.497 e. The molecule has 2 N–H and O–H groups in total. The van der Waals surface area contributed by atoms with Gasteiger partial charge in [0.2, 0.25) is 5.78 Å². The molecule has 0 amide bonds. The Morgan fingerprint density at radius 2 is 1.72 bits per heavy atom. The van der Waals surface area contributed by atoms with E-state index in [9.17, 15) is 9.59 Å². The number of carbonyl (C=O) groups excluding carboxylic acids is 2. The van der Waals surface area contributed by atoms with Crippen LogP contribution in [-0.4, -0.2) is 63.2 Å². The Morgan fingerprint density at radius 1 is 1.10 bits per heavy atom. The average Bonchev–Trinajstić information content (AvgIpc) is 3.06. The number of nitrogens with one attached hydrogen (secondary N) is 2. The van der Waals surface area contributed by atoms with E-state index in [1.165, 1.54) is 17.7 Å². The van der Waals surface area contributed by atoms with Crippen molar-refractivity contribution in [2.75, 3.05) is 45.3 Å². The number of aromatic nitrogens is 1. The molecule has 0 radical (unpaired) electrons. The molecule has 1 aromatic heterocycles. The van der Waals surface area contributed by atoms with E-state index >= 15 is 0 Å². The number of nitrogens with zero attached hydrogens (tertiary/aromatic N) is 1. The van der Waals surface area contributed by atoms with Gasteiger partial charge >= 0.3 is 5.97 Å². The Morgan fingerprint density at radius 3 is 2.28 bits per heavy atom. The van der Waals surface area contributed by atoms with Gasteiger partial charge in [-0.25, -0.2) is 4.79 Å². The third kappa shape index (κ3) is 4.15. The van der Waals surface area contributed by atoms with Crippen molar-refractivity contribution in [2.45, 2.75) is 26.8 Å². The van der Waals surface area contributed by atoms with Crippen LogP contribution >= 0.6 is 0 Å². The molecule has 1 aromatic carbocycles. The molecule has 0 aliphatic carbocycles. The van der Waals surface area contributed by atoms with Gasteiger partial charge in [-0.1, -0.05) is 0 Å². The number of esters is 1. The summed E-state index contributed by atoms with van der Waals surface area (Å²) >= 11 is 0. The van der Waals surface area contributed by atoms with Crippen LogP contribution in [0.5, 0.6) is 5.75 Å². The van der Waals surface area contributed by atoms with Crippen molar-refractivity contribution < 1.29 is 24.0 Å². The second-order valence-corrected chi connectivity index (χ2v) is 7.55. The lowest BCUT2D eigenvalue weighted by molar-refractivity contribution is -0.914. The maximum absolute atomic E-state index is 13.1. The summed E-state index contributed by atoms with van der Waals surface area (Å²) in [7, 11) is 3.02. The minimum atomic E-state index is -0.414. The lowest BCUT2D eigenvalue weighted by atomic mass is 10.0. The van der Waals surface area contributed by atoms with Crippen LogP contribution < -0.4 is 14.5 Å². The minimum absolute atomic E-state index is 0.0358. The molecule has 0 bridgehead atoms. The first kappa shape index (κ1) is 20.9. The number of quaternary nitrogens is 1. The molecule has 1 saturated heterocycles. The zero-order chi connectivity index (χ0) is 21.1. The van der Waals surface area contributed by atoms with Gasteiger partial charge in [-0.05, 0) is 50.6 Å². The standard InChI is InChI=1S/C22H29N3O4/c1-14-19(22(27)29-5)15(2)23-20(14)21(26)16(3)24-10-12-25(13-11-24)17-6-8-18(28-4)9-7-17/h6-9,16,23H,10-13H2,1-5H3/p+1/t16-/m0/s1. The first-order chi connectivity index (χ1) is 13.9. The summed E-state index contributed by atoms with van der Waals surface area (Å²) < 4.78 is 10.1. The molecule has 29 heavy (non-hydrogen) atoms. The van der Waals surface area contributed by atoms with E-state index in [2.05, 4.69) is 22.0 Å². The third-order valence-corrected chi connectivity index (χ3v) is 5.92. The molecule has 0 unspecified atom stereocenters. The lowest BCUT2D eigenvalue weighted by Gasteiger charge is -2.36. The number of methoxy groups -OCH3 is 2. The summed E-state index contributed by atoms with van der Waals surface area (Å²) in [6.07, 6.45) is 0. The predicted octanol–water partition coefficient (Wildman–Crippen LogP) is 1.40. The molecule has 2 heterocycles. The Labute approximate surface area is 171 Å². The molecule has 1 atom stereocenters. The molecule has 1 fully saturated rings. The van der Waals surface area contributed by atoms with Crippen molar-refractivity contribution in [3.63, 3.8) is 0 Å². The molecule has 156 valence electrons. The van der Waals surface area contributed by atoms with Crippen molar-refractivity contribution in [3.8, 4) is 5.75 Å². The molecule has 1 aliphatic heterocycles. The summed E-state index contributed by atoms with van der Waals surface area (Å²) in [5.74, 6) is 0.470. The van der Waals surface area contributed by atoms with Crippen LogP contribution in [0.25, 0.3) is 0 Å². The molecule has 0 spiro atoms. The number of piperazine rings is 1. The summed E-state index contributed by atoms with van der Waals surface area (Å²) in [6.45, 7) is 9.08. The Balaban J connectivity index is 1.66. The highest BCUT2D eigenvalue weighted by molar-refractivity contribution is 6.03. The van der Waals surface area contributed by atoms with Crippen LogP contribution in [0.3, 0.4) is 0 Å². The van der Waals surface area contributed by atoms with Gasteiger partial charge < -0.3 is 24.3 Å². The maximum Gasteiger partial charge on any atom is 0.339 e. The number of aromatic amines is 1. The molecular weight excluding hydrogens is 370 g/mol. The summed E-state index contributed by atoms with van der Waals surface area (Å²) in [6, 6.07) is 7.89. The van der Waals surface area contributed by atoms with Gasteiger partial charge in [0.15, 0.2) is 6.04 Å². The number of H-pyrrole nitrogens is 1. The highest BCUT2D eigenvalue weighted by atomic mass is 16.5. The first-order valence-electron chi connectivity index (χ1n) is 9.92. The number of ketones is 1. The number of aryl methyl sites for hydroxylation is 1. The molecule has 0 saturated carbocycles. The zero-order valence-corrected chi connectivity index (χ0v) is 17.8. The van der Waals surface area contributed by atoms with Gasteiger partial charge in [0.05, 0.1) is 51.7 Å². The fourth-order valence-corrected chi connectivity index (χ4v) is 4.08. The van der Waals surface area contributed by atoms with Crippen LogP contribution in [0.1, 0.15) is 39.0 Å². The van der Waals surface area contributed by atoms with E-state index in [4.69, 9.17) is 9.47 Å². The monoisotopic (exact) mass is 400 g/mol. The molecule has 7 nitrogen and oxygen atoms in total. The van der Waals surface area contributed by atoms with Crippen molar-refractivity contribution in [1.29, 1.82) is 0 Å². The Hall–Kier alpha value is -2.80. The van der Waals surface area contributed by atoms with Crippen LogP contribution in [0.4, 0.5) is 5.69 Å². The average molecular weight is 400 g/mol. The van der Waals surface area contributed by atoms with Crippen molar-refractivity contribution in [1.82, 2.24) is 4.98 Å². The van der Waals surface area contributed by atoms with Crippen LogP contribution in [0.2, 0.25) is 0 Å². The largest absolute Gasteiger partial charge is 0.497 e. The summed E-state index contributed by atoms with van der Waals surface area (Å²) in [5.41, 5.74) is 3.48. The highest BCUT2D eigenvalue weighted by Gasteiger charge is 2.33. The number of hydrogen-bond donors (Lipinski definition) is 2. The second kappa shape index (κ2) is 8.69. The predicted molar refractivity (Wildman–Crippen MR) is 111 cm³/mol. The number of rotatable bonds is 6. The van der Waals surface area contributed by atoms with Gasteiger partial charge in [0, 0.05) is 11.4 Å². The smallest absolute Gasteiger partial charge is 0.339 e. The first-order valence-corrected chi connectivity index (χ1v) is 9.92. The van der Waals surface area contributed by atoms with E-state index in [1.54, 1.807) is 21.0 Å². The zero-order valence-electron chi connectivity index (χ0n) is 17.8. The van der Waals surface area contributed by atoms with Crippen LogP contribution in [0.15, 0.2) is 24.3 Å². The molecule has 2 aromatic rings. The third-order valence-electron chi connectivity index (χ3n) is 5.92. The van der Waals surface area contributed by atoms with Crippen molar-refractivity contribution in [2.24, 2.45) is 0 Å². The lowest BCUT2D eigenvalue weighted by Crippen LogP contribution is -3.18. The number of ether oxygens (including phenoxy) is 2. The summed E-state index contributed by atoms with van der Waals surface area (Å²) in [5, 5.41) is 0. The van der Waals surface area contributed by atoms with Crippen molar-refractivity contribution in [3.05, 3.63) is 46.8 Å². The molecule has 7 heteroatoms. The number of anilines is 1. The van der Waals surface area contributed by atoms with E-state index in [1.807, 2.05) is 19.1 Å². The van der Waals surface area contributed by atoms with Gasteiger partial charge in [-0.2, -0.15) is 0 Å². The number of benzene rings is 1. The van der Waals surface area contributed by atoms with E-state index < -0.39 is 5.97 Å². The highest BCUT2D eigenvalue weighted by Crippen LogP contribution is 2.21. The number of hydrogen-bond acceptors (Lipinski definition) is 5. The molecule has 3 rings (SSSR count). The molecule has 1 aliphatic rings. The van der Waals surface area contributed by atoms with Gasteiger partial charge in [0.1, 0.15) is 5.75 Å². The Kier molecular flexibility index (Phi) is 6.27. The van der Waals surface area contributed by atoms with Gasteiger partial charge in [-0.15, -0.1) is 0 Å². The van der Waals surface area contributed by atoms with Crippen molar-refractivity contribution >= 4 is 17.4 Å². The quantitative estimate of drug-likeness (QED) is 0.566. The number of Topliss-reactive ketones (excluding diaryl/α,β-unsaturated/α-hetero) is 1. The van der Waals surface area contributed by atoms with Gasteiger partial charge in [-0.3, -0.25) is 4.79 Å². The number of carbonyl (C=O) groups is 2. The Bertz CT molecular complexity index is 880. The van der Waals surface area contributed by atoms with E-state index in [0.717, 1.165) is 31.9 Å². The fourth-order valence-electron chi connectivity index (χ4n) is 4.08. The SMILES string of the molecule is COC(=O)c1c(C)[nH]c(C(=O)[C@H](C)[NH+]2CCN(c3ccc(OC)cc3)CC2)c1C. The van der Waals surface area contributed by atoms with E-state index in [-0.39, 0.29) is 11.8 Å². The van der Waals surface area contributed by atoms with Crippen LogP contribution in [0, 0.1) is 13.8 Å². The fraction of sp³-hybridized carbons (Fsp3) is 0.455. The topological polar surface area (TPSA) is 76.1 Å². The van der Waals surface area contributed by atoms with E-state index in [0.29, 0.717) is 22.5 Å².